The molecule has 0 bridgehead atoms. The molecule has 1 aromatic carbocycles. The number of amides is 1. The van der Waals surface area contributed by atoms with Crippen LogP contribution in [0.15, 0.2) is 18.2 Å². The van der Waals surface area contributed by atoms with Gasteiger partial charge in [0.15, 0.2) is 0 Å². The SMILES string of the molecule is CCCCCCCCCOC(=O)C1CCN(C(=O)c2c(F)cccc2C(F)(F)F)CC1. The standard InChI is InChI=1S/C23H31F4NO3/c1-2-3-4-5-6-7-8-16-31-22(30)17-12-14-28(15-13-17)21(29)20-18(23(25,26)27)10-9-11-19(20)24/h9-11,17H,2-8,12-16H2,1H3. The number of piperidine rings is 1. The van der Waals surface area contributed by atoms with Crippen molar-refractivity contribution in [3.63, 3.8) is 0 Å². The number of esters is 1. The number of carbonyl (C=O) groups excluding carboxylic acids is 2. The molecule has 1 saturated heterocycles. The van der Waals surface area contributed by atoms with Gasteiger partial charge in [-0.3, -0.25) is 9.59 Å². The van der Waals surface area contributed by atoms with Crippen LogP contribution in [0, 0.1) is 11.7 Å². The molecule has 1 heterocycles. The van der Waals surface area contributed by atoms with Crippen molar-refractivity contribution >= 4 is 11.9 Å². The number of carbonyl (C=O) groups is 2. The smallest absolute Gasteiger partial charge is 0.417 e. The number of nitrogens with zero attached hydrogens (tertiary/aromatic N) is 1. The van der Waals surface area contributed by atoms with E-state index in [2.05, 4.69) is 6.92 Å². The van der Waals surface area contributed by atoms with Gasteiger partial charge in [-0.1, -0.05) is 51.5 Å². The van der Waals surface area contributed by atoms with Crippen molar-refractivity contribution in [3.05, 3.63) is 35.1 Å². The van der Waals surface area contributed by atoms with Crippen LogP contribution >= 0.6 is 0 Å². The molecule has 0 aromatic heterocycles. The van der Waals surface area contributed by atoms with Gasteiger partial charge in [0.2, 0.25) is 0 Å². The number of rotatable bonds is 10. The molecule has 0 saturated carbocycles. The van der Waals surface area contributed by atoms with Gasteiger partial charge in [-0.05, 0) is 31.4 Å². The number of hydrogen-bond acceptors (Lipinski definition) is 3. The van der Waals surface area contributed by atoms with Crippen molar-refractivity contribution in [1.82, 2.24) is 4.90 Å². The first-order chi connectivity index (χ1) is 14.8. The molecule has 0 N–H and O–H groups in total. The third-order valence-corrected chi connectivity index (χ3v) is 5.64. The molecule has 0 spiro atoms. The fourth-order valence-electron chi connectivity index (χ4n) is 3.80. The molecule has 4 nitrogen and oxygen atoms in total. The largest absolute Gasteiger partial charge is 0.465 e. The van der Waals surface area contributed by atoms with Crippen LogP contribution in [0.2, 0.25) is 0 Å². The van der Waals surface area contributed by atoms with Gasteiger partial charge in [0.05, 0.1) is 23.7 Å². The molecule has 0 atom stereocenters. The molecule has 2 rings (SSSR count). The van der Waals surface area contributed by atoms with Crippen LogP contribution in [0.1, 0.15) is 80.6 Å². The van der Waals surface area contributed by atoms with E-state index >= 15 is 0 Å². The molecule has 0 unspecified atom stereocenters. The molecule has 1 aliphatic rings. The van der Waals surface area contributed by atoms with Crippen LogP contribution in [-0.4, -0.2) is 36.5 Å². The lowest BCUT2D eigenvalue weighted by Crippen LogP contribution is -2.41. The molecular formula is C23H31F4NO3. The van der Waals surface area contributed by atoms with E-state index in [1.807, 2.05) is 0 Å². The third-order valence-electron chi connectivity index (χ3n) is 5.64. The predicted molar refractivity (Wildman–Crippen MR) is 109 cm³/mol. The van der Waals surface area contributed by atoms with Crippen LogP contribution in [0.3, 0.4) is 0 Å². The first kappa shape index (κ1) is 25.1. The second kappa shape index (κ2) is 12.1. The Morgan fingerprint density at radius 3 is 2.26 bits per heavy atom. The number of hydrogen-bond donors (Lipinski definition) is 0. The van der Waals surface area contributed by atoms with Gasteiger partial charge < -0.3 is 9.64 Å². The van der Waals surface area contributed by atoms with E-state index in [9.17, 15) is 27.2 Å². The van der Waals surface area contributed by atoms with Crippen LogP contribution in [0.25, 0.3) is 0 Å². The zero-order chi connectivity index (χ0) is 22.9. The van der Waals surface area contributed by atoms with Gasteiger partial charge >= 0.3 is 12.1 Å². The topological polar surface area (TPSA) is 46.6 Å². The first-order valence-corrected chi connectivity index (χ1v) is 11.1. The lowest BCUT2D eigenvalue weighted by atomic mass is 9.95. The summed E-state index contributed by atoms with van der Waals surface area (Å²) in [5.41, 5.74) is -2.25. The Morgan fingerprint density at radius 1 is 1.03 bits per heavy atom. The highest BCUT2D eigenvalue weighted by molar-refractivity contribution is 5.96. The Balaban J connectivity index is 1.79. The highest BCUT2D eigenvalue weighted by Crippen LogP contribution is 2.34. The Labute approximate surface area is 180 Å². The summed E-state index contributed by atoms with van der Waals surface area (Å²) in [6, 6.07) is 2.48. The van der Waals surface area contributed by atoms with Crippen molar-refractivity contribution in [3.8, 4) is 0 Å². The average Bonchev–Trinajstić information content (AvgIpc) is 2.74. The van der Waals surface area contributed by atoms with E-state index in [-0.39, 0.29) is 31.9 Å². The average molecular weight is 445 g/mol. The molecule has 0 radical (unpaired) electrons. The second-order valence-electron chi connectivity index (χ2n) is 8.02. The summed E-state index contributed by atoms with van der Waals surface area (Å²) >= 11 is 0. The Kier molecular flexibility index (Phi) is 9.78. The molecule has 31 heavy (non-hydrogen) atoms. The quantitative estimate of drug-likeness (QED) is 0.252. The molecule has 8 heteroatoms. The van der Waals surface area contributed by atoms with Crippen LogP contribution in [-0.2, 0) is 15.7 Å². The fourth-order valence-corrected chi connectivity index (χ4v) is 3.80. The number of ether oxygens (including phenoxy) is 1. The monoisotopic (exact) mass is 445 g/mol. The van der Waals surface area contributed by atoms with Crippen molar-refractivity contribution in [2.24, 2.45) is 5.92 Å². The van der Waals surface area contributed by atoms with Crippen molar-refractivity contribution in [1.29, 1.82) is 0 Å². The minimum absolute atomic E-state index is 0.0850. The van der Waals surface area contributed by atoms with Gasteiger partial charge in [0.25, 0.3) is 5.91 Å². The molecule has 1 aliphatic heterocycles. The number of halogens is 4. The van der Waals surface area contributed by atoms with Crippen LogP contribution in [0.5, 0.6) is 0 Å². The van der Waals surface area contributed by atoms with Gasteiger partial charge in [-0.15, -0.1) is 0 Å². The van der Waals surface area contributed by atoms with E-state index in [4.69, 9.17) is 4.74 Å². The van der Waals surface area contributed by atoms with Gasteiger partial charge in [-0.2, -0.15) is 13.2 Å². The summed E-state index contributed by atoms with van der Waals surface area (Å²) < 4.78 is 58.9. The van der Waals surface area contributed by atoms with Crippen LogP contribution in [0.4, 0.5) is 17.6 Å². The van der Waals surface area contributed by atoms with E-state index in [1.165, 1.54) is 30.6 Å². The second-order valence-corrected chi connectivity index (χ2v) is 8.02. The summed E-state index contributed by atoms with van der Waals surface area (Å²) in [6.45, 7) is 2.69. The van der Waals surface area contributed by atoms with E-state index < -0.39 is 34.9 Å². The number of alkyl halides is 3. The van der Waals surface area contributed by atoms with Crippen molar-refractivity contribution in [2.45, 2.75) is 70.9 Å². The Bertz CT molecular complexity index is 728. The molecule has 1 aromatic rings. The Hall–Kier alpha value is -2.12. The zero-order valence-corrected chi connectivity index (χ0v) is 18.0. The summed E-state index contributed by atoms with van der Waals surface area (Å²) in [5, 5.41) is 0. The maximum atomic E-state index is 14.1. The first-order valence-electron chi connectivity index (χ1n) is 11.1. The number of benzene rings is 1. The molecule has 1 fully saturated rings. The van der Waals surface area contributed by atoms with E-state index in [1.54, 1.807) is 0 Å². The van der Waals surface area contributed by atoms with Gasteiger partial charge in [0, 0.05) is 13.1 Å². The predicted octanol–water partition coefficient (Wildman–Crippen LogP) is 5.99. The summed E-state index contributed by atoms with van der Waals surface area (Å²) in [5.74, 6) is -2.92. The molecule has 174 valence electrons. The molecule has 0 aliphatic carbocycles. The fraction of sp³-hybridized carbons (Fsp3) is 0.652. The van der Waals surface area contributed by atoms with Gasteiger partial charge in [-0.25, -0.2) is 4.39 Å². The Morgan fingerprint density at radius 2 is 1.65 bits per heavy atom. The van der Waals surface area contributed by atoms with Crippen molar-refractivity contribution in [2.75, 3.05) is 19.7 Å². The molecule has 1 amide bonds. The number of unbranched alkanes of at least 4 members (excludes halogenated alkanes) is 6. The van der Waals surface area contributed by atoms with E-state index in [0.29, 0.717) is 12.7 Å². The maximum Gasteiger partial charge on any atom is 0.417 e. The van der Waals surface area contributed by atoms with Gasteiger partial charge in [0.1, 0.15) is 5.82 Å². The summed E-state index contributed by atoms with van der Waals surface area (Å²) in [7, 11) is 0. The van der Waals surface area contributed by atoms with Crippen LogP contribution < -0.4 is 0 Å². The minimum Gasteiger partial charge on any atom is -0.465 e. The summed E-state index contributed by atoms with van der Waals surface area (Å²) in [6.07, 6.45) is 3.54. The van der Waals surface area contributed by atoms with Crippen molar-refractivity contribution < 1.29 is 31.9 Å². The third kappa shape index (κ3) is 7.51. The maximum absolute atomic E-state index is 14.1. The summed E-state index contributed by atoms with van der Waals surface area (Å²) in [4.78, 5) is 26.0. The zero-order valence-electron chi connectivity index (χ0n) is 18.0. The lowest BCUT2D eigenvalue weighted by Gasteiger charge is -2.31. The normalized spacial score (nSPS) is 15.2. The highest BCUT2D eigenvalue weighted by atomic mass is 19.4. The van der Waals surface area contributed by atoms with E-state index in [0.717, 1.165) is 31.4 Å². The minimum atomic E-state index is -4.83. The molecular weight excluding hydrogens is 414 g/mol. The lowest BCUT2D eigenvalue weighted by molar-refractivity contribution is -0.150. The number of likely N-dealkylation sites (tertiary alicyclic amines) is 1. The highest BCUT2D eigenvalue weighted by Gasteiger charge is 2.39.